The van der Waals surface area contributed by atoms with E-state index in [0.717, 1.165) is 25.9 Å². The molecule has 110 valence electrons. The third-order valence-corrected chi connectivity index (χ3v) is 3.78. The molecule has 0 aliphatic carbocycles. The van der Waals surface area contributed by atoms with Gasteiger partial charge in [-0.05, 0) is 37.5 Å². The number of nitrogens with two attached hydrogens (primary N) is 1. The van der Waals surface area contributed by atoms with Gasteiger partial charge in [0.1, 0.15) is 5.82 Å². The van der Waals surface area contributed by atoms with E-state index in [1.54, 1.807) is 0 Å². The van der Waals surface area contributed by atoms with Crippen molar-refractivity contribution in [3.05, 3.63) is 29.0 Å². The molecule has 2 heterocycles. The van der Waals surface area contributed by atoms with Gasteiger partial charge in [0.05, 0.1) is 5.02 Å². The summed E-state index contributed by atoms with van der Waals surface area (Å²) in [4.78, 5) is 14.7. The molecule has 1 saturated heterocycles. The zero-order valence-corrected chi connectivity index (χ0v) is 12.1. The molecule has 0 spiro atoms. The number of nitrogen functional groups attached to an aromatic ring is 1. The highest BCUT2D eigenvalue weighted by molar-refractivity contribution is 6.33. The standard InChI is InChI=1S/C14H15ClFN5/c15-11-5-4-9(16)8-10(11)12-18-13(17)20-14(19-12)21-6-2-1-3-7-21/h4-5,8H,1-3,6-7H2,(H2,17,18,19,20). The molecule has 0 radical (unpaired) electrons. The van der Waals surface area contributed by atoms with Crippen molar-refractivity contribution in [3.8, 4) is 11.4 Å². The molecule has 1 aliphatic rings. The highest BCUT2D eigenvalue weighted by atomic mass is 35.5. The van der Waals surface area contributed by atoms with E-state index in [2.05, 4.69) is 19.9 Å². The fraction of sp³-hybridized carbons (Fsp3) is 0.357. The van der Waals surface area contributed by atoms with Crippen molar-refractivity contribution < 1.29 is 4.39 Å². The van der Waals surface area contributed by atoms with Crippen LogP contribution >= 0.6 is 11.6 Å². The Labute approximate surface area is 127 Å². The Kier molecular flexibility index (Phi) is 3.88. The van der Waals surface area contributed by atoms with Crippen molar-refractivity contribution in [1.82, 2.24) is 15.0 Å². The number of aromatic nitrogens is 3. The molecule has 3 rings (SSSR count). The molecule has 0 atom stereocenters. The second-order valence-electron chi connectivity index (χ2n) is 4.99. The molecule has 0 saturated carbocycles. The Morgan fingerprint density at radius 1 is 1.10 bits per heavy atom. The Balaban J connectivity index is 2.02. The van der Waals surface area contributed by atoms with Crippen LogP contribution in [0.3, 0.4) is 0 Å². The number of nitrogens with zero attached hydrogens (tertiary/aromatic N) is 4. The van der Waals surface area contributed by atoms with Crippen LogP contribution < -0.4 is 10.6 Å². The van der Waals surface area contributed by atoms with Crippen molar-refractivity contribution in [2.24, 2.45) is 0 Å². The molecule has 1 aromatic heterocycles. The van der Waals surface area contributed by atoms with Crippen LogP contribution in [0.25, 0.3) is 11.4 Å². The third-order valence-electron chi connectivity index (χ3n) is 3.45. The average molecular weight is 308 g/mol. The van der Waals surface area contributed by atoms with Crippen LogP contribution in [-0.4, -0.2) is 28.0 Å². The first-order chi connectivity index (χ1) is 10.1. The molecule has 1 fully saturated rings. The van der Waals surface area contributed by atoms with Gasteiger partial charge in [-0.3, -0.25) is 0 Å². The van der Waals surface area contributed by atoms with Crippen LogP contribution in [0, 0.1) is 5.82 Å². The van der Waals surface area contributed by atoms with Gasteiger partial charge < -0.3 is 10.6 Å². The van der Waals surface area contributed by atoms with Crippen molar-refractivity contribution in [2.75, 3.05) is 23.7 Å². The Hall–Kier alpha value is -1.95. The van der Waals surface area contributed by atoms with Crippen molar-refractivity contribution in [3.63, 3.8) is 0 Å². The maximum Gasteiger partial charge on any atom is 0.230 e. The monoisotopic (exact) mass is 307 g/mol. The average Bonchev–Trinajstić information content (AvgIpc) is 2.50. The third kappa shape index (κ3) is 3.05. The van der Waals surface area contributed by atoms with E-state index in [4.69, 9.17) is 17.3 Å². The molecule has 1 aromatic carbocycles. The summed E-state index contributed by atoms with van der Waals surface area (Å²) in [6, 6.07) is 4.08. The fourth-order valence-electron chi connectivity index (χ4n) is 2.41. The minimum atomic E-state index is -0.395. The van der Waals surface area contributed by atoms with E-state index >= 15 is 0 Å². The van der Waals surface area contributed by atoms with Gasteiger partial charge in [-0.15, -0.1) is 0 Å². The van der Waals surface area contributed by atoms with Gasteiger partial charge >= 0.3 is 0 Å². The van der Waals surface area contributed by atoms with Gasteiger partial charge in [0.2, 0.25) is 11.9 Å². The summed E-state index contributed by atoms with van der Waals surface area (Å²) in [5.74, 6) is 0.541. The molecule has 0 unspecified atom stereocenters. The van der Waals surface area contributed by atoms with Crippen LogP contribution in [0.4, 0.5) is 16.3 Å². The van der Waals surface area contributed by atoms with Crippen LogP contribution in [0.15, 0.2) is 18.2 Å². The summed E-state index contributed by atoms with van der Waals surface area (Å²) in [5, 5.41) is 0.381. The summed E-state index contributed by atoms with van der Waals surface area (Å²) in [6.07, 6.45) is 3.41. The van der Waals surface area contributed by atoms with Gasteiger partial charge in [0, 0.05) is 18.7 Å². The largest absolute Gasteiger partial charge is 0.368 e. The molecular formula is C14H15ClFN5. The SMILES string of the molecule is Nc1nc(-c2cc(F)ccc2Cl)nc(N2CCCCC2)n1. The Morgan fingerprint density at radius 3 is 2.62 bits per heavy atom. The molecule has 0 bridgehead atoms. The summed E-state index contributed by atoms with van der Waals surface area (Å²) in [7, 11) is 0. The number of piperidine rings is 1. The first kappa shape index (κ1) is 14.0. The van der Waals surface area contributed by atoms with Gasteiger partial charge in [-0.2, -0.15) is 15.0 Å². The Bertz CT molecular complexity index is 658. The zero-order valence-electron chi connectivity index (χ0n) is 11.4. The van der Waals surface area contributed by atoms with Crippen LogP contribution in [0.2, 0.25) is 5.02 Å². The number of rotatable bonds is 2. The molecular weight excluding hydrogens is 293 g/mol. The van der Waals surface area contributed by atoms with Gasteiger partial charge in [0.15, 0.2) is 5.82 Å². The fourth-order valence-corrected chi connectivity index (χ4v) is 2.61. The minimum Gasteiger partial charge on any atom is -0.368 e. The van der Waals surface area contributed by atoms with E-state index in [9.17, 15) is 4.39 Å². The first-order valence-corrected chi connectivity index (χ1v) is 7.23. The lowest BCUT2D eigenvalue weighted by molar-refractivity contribution is 0.568. The van der Waals surface area contributed by atoms with Crippen molar-refractivity contribution >= 4 is 23.5 Å². The molecule has 1 aliphatic heterocycles. The van der Waals surface area contributed by atoms with E-state index < -0.39 is 5.82 Å². The van der Waals surface area contributed by atoms with E-state index in [-0.39, 0.29) is 5.95 Å². The summed E-state index contributed by atoms with van der Waals surface area (Å²) < 4.78 is 13.4. The predicted octanol–water partition coefficient (Wildman–Crippen LogP) is 2.90. The van der Waals surface area contributed by atoms with Crippen molar-refractivity contribution in [1.29, 1.82) is 0 Å². The highest BCUT2D eigenvalue weighted by Crippen LogP contribution is 2.27. The zero-order chi connectivity index (χ0) is 14.8. The predicted molar refractivity (Wildman–Crippen MR) is 80.7 cm³/mol. The van der Waals surface area contributed by atoms with Crippen molar-refractivity contribution in [2.45, 2.75) is 19.3 Å². The molecule has 7 heteroatoms. The van der Waals surface area contributed by atoms with E-state index in [0.29, 0.717) is 22.4 Å². The van der Waals surface area contributed by atoms with Gasteiger partial charge in [-0.25, -0.2) is 4.39 Å². The second kappa shape index (κ2) is 5.81. The number of hydrogen-bond acceptors (Lipinski definition) is 5. The lowest BCUT2D eigenvalue weighted by atomic mass is 10.1. The molecule has 0 amide bonds. The molecule has 5 nitrogen and oxygen atoms in total. The molecule has 2 aromatic rings. The normalized spacial score (nSPS) is 15.2. The van der Waals surface area contributed by atoms with Gasteiger partial charge in [0.25, 0.3) is 0 Å². The maximum atomic E-state index is 13.4. The van der Waals surface area contributed by atoms with Crippen LogP contribution in [-0.2, 0) is 0 Å². The molecule has 21 heavy (non-hydrogen) atoms. The smallest absolute Gasteiger partial charge is 0.230 e. The van der Waals surface area contributed by atoms with Crippen LogP contribution in [0.1, 0.15) is 19.3 Å². The quantitative estimate of drug-likeness (QED) is 0.924. The molecule has 2 N–H and O–H groups in total. The maximum absolute atomic E-state index is 13.4. The summed E-state index contributed by atoms with van der Waals surface area (Å²) >= 11 is 6.10. The van der Waals surface area contributed by atoms with Crippen LogP contribution in [0.5, 0.6) is 0 Å². The second-order valence-corrected chi connectivity index (χ2v) is 5.40. The van der Waals surface area contributed by atoms with E-state index in [1.165, 1.54) is 24.6 Å². The number of anilines is 2. The lowest BCUT2D eigenvalue weighted by Crippen LogP contribution is -2.31. The van der Waals surface area contributed by atoms with Gasteiger partial charge in [-0.1, -0.05) is 11.6 Å². The number of benzene rings is 1. The highest BCUT2D eigenvalue weighted by Gasteiger charge is 2.17. The van der Waals surface area contributed by atoms with E-state index in [1.807, 2.05) is 0 Å². The Morgan fingerprint density at radius 2 is 1.86 bits per heavy atom. The number of hydrogen-bond donors (Lipinski definition) is 1. The first-order valence-electron chi connectivity index (χ1n) is 6.85. The summed E-state index contributed by atoms with van der Waals surface area (Å²) in [6.45, 7) is 1.78. The number of halogens is 2. The topological polar surface area (TPSA) is 67.9 Å². The lowest BCUT2D eigenvalue weighted by Gasteiger charge is -2.26. The summed E-state index contributed by atoms with van der Waals surface area (Å²) in [5.41, 5.74) is 6.19. The minimum absolute atomic E-state index is 0.112.